The summed E-state index contributed by atoms with van der Waals surface area (Å²) >= 11 is 0. The van der Waals surface area contributed by atoms with Gasteiger partial charge in [0.2, 0.25) is 5.91 Å². The van der Waals surface area contributed by atoms with Gasteiger partial charge in [-0.05, 0) is 36.9 Å². The van der Waals surface area contributed by atoms with Gasteiger partial charge in [0.1, 0.15) is 6.54 Å². The average Bonchev–Trinajstić information content (AvgIpc) is 2.82. The van der Waals surface area contributed by atoms with Crippen LogP contribution in [0.3, 0.4) is 0 Å². The molecular weight excluding hydrogens is 240 g/mol. The third-order valence-electron chi connectivity index (χ3n) is 3.44. The molecule has 0 saturated carbocycles. The summed E-state index contributed by atoms with van der Waals surface area (Å²) in [6, 6.07) is 7.80. The van der Waals surface area contributed by atoms with Crippen molar-refractivity contribution in [1.82, 2.24) is 9.47 Å². The number of carbonyl (C=O) groups is 1. The molecule has 1 aromatic carbocycles. The molecule has 4 heteroatoms. The number of aromatic nitrogens is 1. The number of hydrogen-bond acceptors (Lipinski definition) is 2. The maximum absolute atomic E-state index is 12.1. The van der Waals surface area contributed by atoms with Gasteiger partial charge in [0, 0.05) is 24.8 Å². The number of aliphatic hydroxyl groups excluding tert-OH is 1. The Bertz CT molecular complexity index is 571. The van der Waals surface area contributed by atoms with E-state index in [2.05, 4.69) is 0 Å². The predicted molar refractivity (Wildman–Crippen MR) is 75.8 cm³/mol. The Hall–Kier alpha value is -1.81. The smallest absolute Gasteiger partial charge is 0.242 e. The Labute approximate surface area is 113 Å². The summed E-state index contributed by atoms with van der Waals surface area (Å²) in [6.45, 7) is 5.80. The highest BCUT2D eigenvalue weighted by molar-refractivity contribution is 5.83. The zero-order chi connectivity index (χ0) is 13.8. The first-order valence-electron chi connectivity index (χ1n) is 6.66. The van der Waals surface area contributed by atoms with Crippen molar-refractivity contribution >= 4 is 16.8 Å². The van der Waals surface area contributed by atoms with Gasteiger partial charge in [0.15, 0.2) is 0 Å². The van der Waals surface area contributed by atoms with Crippen molar-refractivity contribution in [3.63, 3.8) is 0 Å². The Kier molecular flexibility index (Phi) is 4.22. The molecule has 0 unspecified atom stereocenters. The second-order valence-electron chi connectivity index (χ2n) is 4.56. The van der Waals surface area contributed by atoms with Crippen LogP contribution in [-0.4, -0.2) is 33.6 Å². The van der Waals surface area contributed by atoms with E-state index in [1.54, 1.807) is 0 Å². The topological polar surface area (TPSA) is 45.5 Å². The number of fused-ring (bicyclic) bond motifs is 1. The van der Waals surface area contributed by atoms with Crippen molar-refractivity contribution in [2.24, 2.45) is 0 Å². The Balaban J connectivity index is 2.27. The van der Waals surface area contributed by atoms with E-state index >= 15 is 0 Å². The molecule has 2 rings (SSSR count). The number of carbonyl (C=O) groups excluding carboxylic acids is 1. The van der Waals surface area contributed by atoms with Crippen LogP contribution in [-0.2, 0) is 17.9 Å². The fourth-order valence-corrected chi connectivity index (χ4v) is 2.29. The molecule has 0 fully saturated rings. The van der Waals surface area contributed by atoms with Crippen LogP contribution in [0, 0.1) is 0 Å². The van der Waals surface area contributed by atoms with E-state index in [1.807, 2.05) is 53.8 Å². The van der Waals surface area contributed by atoms with Crippen LogP contribution in [0.1, 0.15) is 19.4 Å². The first-order chi connectivity index (χ1) is 9.19. The van der Waals surface area contributed by atoms with Gasteiger partial charge in [-0.2, -0.15) is 0 Å². The van der Waals surface area contributed by atoms with Gasteiger partial charge in [0.25, 0.3) is 0 Å². The van der Waals surface area contributed by atoms with E-state index < -0.39 is 0 Å². The van der Waals surface area contributed by atoms with E-state index in [4.69, 9.17) is 0 Å². The molecule has 1 amide bonds. The average molecular weight is 260 g/mol. The van der Waals surface area contributed by atoms with E-state index in [-0.39, 0.29) is 12.5 Å². The largest absolute Gasteiger partial charge is 0.392 e. The molecule has 102 valence electrons. The van der Waals surface area contributed by atoms with Crippen LogP contribution in [0.25, 0.3) is 10.9 Å². The van der Waals surface area contributed by atoms with Crippen LogP contribution in [0.15, 0.2) is 30.5 Å². The van der Waals surface area contributed by atoms with Crippen LogP contribution < -0.4 is 0 Å². The Morgan fingerprint density at radius 3 is 2.63 bits per heavy atom. The van der Waals surface area contributed by atoms with Crippen molar-refractivity contribution < 1.29 is 9.90 Å². The van der Waals surface area contributed by atoms with Gasteiger partial charge in [-0.25, -0.2) is 0 Å². The number of aliphatic hydroxyl groups is 1. The van der Waals surface area contributed by atoms with Crippen molar-refractivity contribution in [3.8, 4) is 0 Å². The molecular formula is C15H20N2O2. The standard InChI is InChI=1S/C15H20N2O2/c1-3-16(4-2)15(19)10-17-8-7-13-6-5-12(11-18)9-14(13)17/h5-9,18H,3-4,10-11H2,1-2H3. The summed E-state index contributed by atoms with van der Waals surface area (Å²) in [4.78, 5) is 13.9. The Morgan fingerprint density at radius 1 is 1.26 bits per heavy atom. The van der Waals surface area contributed by atoms with Crippen molar-refractivity contribution in [1.29, 1.82) is 0 Å². The molecule has 19 heavy (non-hydrogen) atoms. The van der Waals surface area contributed by atoms with Gasteiger partial charge in [-0.3, -0.25) is 4.79 Å². The highest BCUT2D eigenvalue weighted by atomic mass is 16.3. The third-order valence-corrected chi connectivity index (χ3v) is 3.44. The van der Waals surface area contributed by atoms with Gasteiger partial charge < -0.3 is 14.6 Å². The highest BCUT2D eigenvalue weighted by Gasteiger charge is 2.11. The third kappa shape index (κ3) is 2.79. The number of nitrogens with zero attached hydrogens (tertiary/aromatic N) is 2. The van der Waals surface area contributed by atoms with E-state index in [0.717, 1.165) is 29.6 Å². The van der Waals surface area contributed by atoms with Crippen LogP contribution in [0.2, 0.25) is 0 Å². The van der Waals surface area contributed by atoms with E-state index in [9.17, 15) is 9.90 Å². The molecule has 0 aliphatic rings. The predicted octanol–water partition coefficient (Wildman–Crippen LogP) is 2.00. The van der Waals surface area contributed by atoms with E-state index in [0.29, 0.717) is 6.54 Å². The number of benzene rings is 1. The number of amides is 1. The molecule has 2 aromatic rings. The minimum absolute atomic E-state index is 0.0190. The lowest BCUT2D eigenvalue weighted by atomic mass is 10.2. The summed E-state index contributed by atoms with van der Waals surface area (Å²) in [5, 5.41) is 10.3. The molecule has 1 N–H and O–H groups in total. The van der Waals surface area contributed by atoms with Crippen LogP contribution in [0.5, 0.6) is 0 Å². The summed E-state index contributed by atoms with van der Waals surface area (Å²) in [5.74, 6) is 0.122. The number of likely N-dealkylation sites (N-methyl/N-ethyl adjacent to an activating group) is 1. The quantitative estimate of drug-likeness (QED) is 0.893. The lowest BCUT2D eigenvalue weighted by Gasteiger charge is -2.19. The van der Waals surface area contributed by atoms with Crippen molar-refractivity contribution in [2.45, 2.75) is 27.0 Å². The van der Waals surface area contributed by atoms with Crippen LogP contribution in [0.4, 0.5) is 0 Å². The molecule has 1 aromatic heterocycles. The lowest BCUT2D eigenvalue weighted by Crippen LogP contribution is -2.33. The Morgan fingerprint density at radius 2 is 2.00 bits per heavy atom. The lowest BCUT2D eigenvalue weighted by molar-refractivity contribution is -0.131. The first kappa shape index (κ1) is 13.6. The molecule has 0 radical (unpaired) electrons. The zero-order valence-corrected chi connectivity index (χ0v) is 11.5. The van der Waals surface area contributed by atoms with Crippen molar-refractivity contribution in [2.75, 3.05) is 13.1 Å². The van der Waals surface area contributed by atoms with E-state index in [1.165, 1.54) is 0 Å². The van der Waals surface area contributed by atoms with Crippen molar-refractivity contribution in [3.05, 3.63) is 36.0 Å². The number of hydrogen-bond donors (Lipinski definition) is 1. The maximum Gasteiger partial charge on any atom is 0.242 e. The summed E-state index contributed by atoms with van der Waals surface area (Å²) in [7, 11) is 0. The minimum Gasteiger partial charge on any atom is -0.392 e. The monoisotopic (exact) mass is 260 g/mol. The van der Waals surface area contributed by atoms with Gasteiger partial charge in [-0.1, -0.05) is 12.1 Å². The normalized spacial score (nSPS) is 10.9. The second kappa shape index (κ2) is 5.89. The maximum atomic E-state index is 12.1. The molecule has 0 saturated heterocycles. The fourth-order valence-electron chi connectivity index (χ4n) is 2.29. The molecule has 0 aliphatic heterocycles. The second-order valence-corrected chi connectivity index (χ2v) is 4.56. The summed E-state index contributed by atoms with van der Waals surface area (Å²) in [5.41, 5.74) is 1.86. The zero-order valence-electron chi connectivity index (χ0n) is 11.5. The summed E-state index contributed by atoms with van der Waals surface area (Å²) in [6.07, 6.45) is 1.92. The highest BCUT2D eigenvalue weighted by Crippen LogP contribution is 2.18. The molecule has 0 spiro atoms. The summed E-state index contributed by atoms with van der Waals surface area (Å²) < 4.78 is 1.94. The SMILES string of the molecule is CCN(CC)C(=O)Cn1ccc2ccc(CO)cc21. The molecule has 0 aliphatic carbocycles. The van der Waals surface area contributed by atoms with Gasteiger partial charge in [0.05, 0.1) is 6.61 Å². The minimum atomic E-state index is 0.0190. The van der Waals surface area contributed by atoms with Gasteiger partial charge >= 0.3 is 0 Å². The van der Waals surface area contributed by atoms with Gasteiger partial charge in [-0.15, -0.1) is 0 Å². The van der Waals surface area contributed by atoms with Crippen LogP contribution >= 0.6 is 0 Å². The molecule has 0 atom stereocenters. The first-order valence-corrected chi connectivity index (χ1v) is 6.66. The fraction of sp³-hybridized carbons (Fsp3) is 0.400. The molecule has 1 heterocycles. The molecule has 4 nitrogen and oxygen atoms in total. The number of rotatable bonds is 5. The molecule has 0 bridgehead atoms.